The van der Waals surface area contributed by atoms with E-state index in [2.05, 4.69) is 25.3 Å². The molecule has 5 heterocycles. The van der Waals surface area contributed by atoms with E-state index in [4.69, 9.17) is 15.2 Å². The van der Waals surface area contributed by atoms with Crippen molar-refractivity contribution >= 4 is 17.6 Å². The molecular formula is C19H26F2N8O2. The molecule has 31 heavy (non-hydrogen) atoms. The van der Waals surface area contributed by atoms with Crippen LogP contribution in [0.25, 0.3) is 5.70 Å². The average molecular weight is 436 g/mol. The lowest BCUT2D eigenvalue weighted by molar-refractivity contribution is -0.114. The van der Waals surface area contributed by atoms with Gasteiger partial charge in [0.05, 0.1) is 32.5 Å². The third-order valence-corrected chi connectivity index (χ3v) is 6.34. The highest BCUT2D eigenvalue weighted by molar-refractivity contribution is 5.87. The van der Waals surface area contributed by atoms with E-state index in [1.54, 1.807) is 4.90 Å². The molecule has 3 N–H and O–H groups in total. The van der Waals surface area contributed by atoms with Crippen molar-refractivity contribution in [1.29, 1.82) is 0 Å². The summed E-state index contributed by atoms with van der Waals surface area (Å²) in [6.07, 6.45) is 1.62. The highest BCUT2D eigenvalue weighted by Gasteiger charge is 2.55. The van der Waals surface area contributed by atoms with Crippen LogP contribution in [0.3, 0.4) is 0 Å². The van der Waals surface area contributed by atoms with Crippen molar-refractivity contribution in [3.8, 4) is 0 Å². The molecule has 168 valence electrons. The lowest BCUT2D eigenvalue weighted by Gasteiger charge is -2.48. The van der Waals surface area contributed by atoms with E-state index in [0.717, 1.165) is 12.8 Å². The van der Waals surface area contributed by atoms with Gasteiger partial charge in [-0.1, -0.05) is 0 Å². The first-order valence-electron chi connectivity index (χ1n) is 10.5. The highest BCUT2D eigenvalue weighted by Crippen LogP contribution is 2.40. The minimum absolute atomic E-state index is 0.0868. The molecular weight excluding hydrogens is 410 g/mol. The van der Waals surface area contributed by atoms with Gasteiger partial charge >= 0.3 is 0 Å². The van der Waals surface area contributed by atoms with Gasteiger partial charge in [-0.15, -0.1) is 0 Å². The Morgan fingerprint density at radius 2 is 1.97 bits per heavy atom. The molecule has 4 atom stereocenters. The average Bonchev–Trinajstić information content (AvgIpc) is 3.03. The molecule has 10 nitrogen and oxygen atoms in total. The molecule has 3 fully saturated rings. The summed E-state index contributed by atoms with van der Waals surface area (Å²) in [6.45, 7) is 4.60. The zero-order valence-corrected chi connectivity index (χ0v) is 17.2. The molecule has 2 bridgehead atoms. The van der Waals surface area contributed by atoms with Gasteiger partial charge in [-0.05, 0) is 25.8 Å². The van der Waals surface area contributed by atoms with Crippen LogP contribution < -0.4 is 16.0 Å². The first-order chi connectivity index (χ1) is 15.0. The molecule has 0 spiro atoms. The maximum Gasteiger partial charge on any atom is 0.278 e. The number of nitrogens with one attached hydrogen (secondary N) is 1. The molecule has 4 aliphatic heterocycles. The molecule has 0 aliphatic carbocycles. The van der Waals surface area contributed by atoms with Crippen molar-refractivity contribution in [2.75, 3.05) is 37.9 Å². The topological polar surface area (TPSA) is 114 Å². The number of halogens is 2. The number of hydrogen-bond donors (Lipinski definition) is 2. The maximum atomic E-state index is 14.6. The molecule has 12 heteroatoms. The van der Waals surface area contributed by atoms with E-state index < -0.39 is 12.1 Å². The van der Waals surface area contributed by atoms with E-state index in [0.29, 0.717) is 38.9 Å². The number of alkyl halides is 2. The molecule has 0 amide bonds. The van der Waals surface area contributed by atoms with Gasteiger partial charge in [0.1, 0.15) is 12.0 Å². The maximum absolute atomic E-state index is 14.6. The largest absolute Gasteiger partial charge is 0.378 e. The minimum atomic E-state index is -2.75. The lowest BCUT2D eigenvalue weighted by atomic mass is 10.0. The number of hydrogen-bond acceptors (Lipinski definition) is 10. The van der Waals surface area contributed by atoms with Gasteiger partial charge < -0.3 is 25.4 Å². The van der Waals surface area contributed by atoms with E-state index in [1.165, 1.54) is 12.4 Å². The molecule has 5 rings (SSSR count). The van der Waals surface area contributed by atoms with Crippen molar-refractivity contribution in [3.05, 3.63) is 18.2 Å². The first kappa shape index (κ1) is 20.5. The highest BCUT2D eigenvalue weighted by atomic mass is 19.3. The van der Waals surface area contributed by atoms with Crippen LogP contribution in [0, 0.1) is 0 Å². The van der Waals surface area contributed by atoms with Crippen LogP contribution in [-0.2, 0) is 9.47 Å². The second kappa shape index (κ2) is 7.92. The molecule has 0 saturated carbocycles. The van der Waals surface area contributed by atoms with Crippen LogP contribution >= 0.6 is 0 Å². The smallest absolute Gasteiger partial charge is 0.278 e. The number of nitrogens with zero attached hydrogens (tertiary/aromatic N) is 6. The Labute approximate surface area is 178 Å². The van der Waals surface area contributed by atoms with E-state index >= 15 is 0 Å². The van der Waals surface area contributed by atoms with Crippen molar-refractivity contribution in [2.24, 2.45) is 10.7 Å². The summed E-state index contributed by atoms with van der Waals surface area (Å²) in [5, 5.41) is 2.76. The van der Waals surface area contributed by atoms with Crippen LogP contribution in [0.1, 0.15) is 25.6 Å². The Morgan fingerprint density at radius 3 is 2.68 bits per heavy atom. The number of aliphatic imine (C=N–C) groups is 1. The number of fused-ring (bicyclic) bond motifs is 2. The monoisotopic (exact) mass is 436 g/mol. The Kier molecular flexibility index (Phi) is 5.22. The Bertz CT molecular complexity index is 883. The summed E-state index contributed by atoms with van der Waals surface area (Å²) in [5.74, 6) is 0.576. The van der Waals surface area contributed by atoms with Gasteiger partial charge in [-0.3, -0.25) is 4.90 Å². The Morgan fingerprint density at radius 1 is 1.19 bits per heavy atom. The zero-order chi connectivity index (χ0) is 21.6. The molecule has 3 saturated heterocycles. The van der Waals surface area contributed by atoms with E-state index in [9.17, 15) is 8.78 Å². The number of nitrogens with two attached hydrogens (primary N) is 1. The van der Waals surface area contributed by atoms with Gasteiger partial charge in [0.15, 0.2) is 17.4 Å². The summed E-state index contributed by atoms with van der Waals surface area (Å²) in [7, 11) is 0. The lowest BCUT2D eigenvalue weighted by Crippen LogP contribution is -2.71. The van der Waals surface area contributed by atoms with Gasteiger partial charge in [0.2, 0.25) is 5.95 Å². The van der Waals surface area contributed by atoms with Crippen LogP contribution in [0.15, 0.2) is 17.4 Å². The fourth-order valence-corrected chi connectivity index (χ4v) is 4.93. The van der Waals surface area contributed by atoms with E-state index in [-0.39, 0.29) is 35.6 Å². The predicted octanol–water partition coefficient (Wildman–Crippen LogP) is 0.180. The number of anilines is 1. The fourth-order valence-electron chi connectivity index (χ4n) is 4.93. The van der Waals surface area contributed by atoms with Gasteiger partial charge in [0.25, 0.3) is 6.43 Å². The summed E-state index contributed by atoms with van der Waals surface area (Å²) >= 11 is 0. The van der Waals surface area contributed by atoms with Crippen LogP contribution in [-0.4, -0.2) is 89.0 Å². The van der Waals surface area contributed by atoms with Gasteiger partial charge in [0, 0.05) is 18.6 Å². The second-order valence-corrected chi connectivity index (χ2v) is 8.33. The number of rotatable bonds is 4. The minimum Gasteiger partial charge on any atom is -0.378 e. The molecule has 3 unspecified atom stereocenters. The third kappa shape index (κ3) is 3.52. The molecule has 4 aliphatic rings. The predicted molar refractivity (Wildman–Crippen MR) is 108 cm³/mol. The van der Waals surface area contributed by atoms with Crippen LogP contribution in [0.5, 0.6) is 0 Å². The van der Waals surface area contributed by atoms with Crippen molar-refractivity contribution in [1.82, 2.24) is 25.2 Å². The number of ether oxygens (including phenoxy) is 2. The number of morpholine rings is 2. The normalized spacial score (nSPS) is 33.8. The second-order valence-electron chi connectivity index (χ2n) is 8.33. The van der Waals surface area contributed by atoms with Gasteiger partial charge in [-0.2, -0.15) is 4.98 Å². The van der Waals surface area contributed by atoms with E-state index in [1.807, 2.05) is 11.8 Å². The summed E-state index contributed by atoms with van der Waals surface area (Å²) in [4.78, 5) is 21.1. The first-order valence-corrected chi connectivity index (χ1v) is 10.5. The van der Waals surface area contributed by atoms with Crippen molar-refractivity contribution in [3.63, 3.8) is 0 Å². The number of guanidine groups is 1. The standard InChI is InChI=1S/C19H26F2N8O2/c1-11-7-30-5-4-28(11)18-24-10-23-15(26-18)14-6-19(16(20)21,27-17(22)25-14)29-12-2-3-13(29)9-31-8-12/h6,10-13,16H,2-5,7-9H2,1H3,(H3,22,25,27)/t11-,12?,13?,19?/m0/s1. The number of aromatic nitrogens is 3. The molecule has 1 aromatic heterocycles. The van der Waals surface area contributed by atoms with Gasteiger partial charge in [-0.25, -0.2) is 23.7 Å². The summed E-state index contributed by atoms with van der Waals surface area (Å²) < 4.78 is 40.3. The SMILES string of the molecule is C[C@H]1COCCN1c1ncnc(C2=CC(C(F)F)(N3C4CCC3COC4)NC(N)=N2)n1. The van der Waals surface area contributed by atoms with Crippen molar-refractivity contribution in [2.45, 2.75) is 50.0 Å². The summed E-state index contributed by atoms with van der Waals surface area (Å²) in [6, 6.07) is -0.151. The Balaban J connectivity index is 1.53. The summed E-state index contributed by atoms with van der Waals surface area (Å²) in [5.41, 5.74) is 4.41. The molecule has 0 radical (unpaired) electrons. The fraction of sp³-hybridized carbons (Fsp3) is 0.684. The van der Waals surface area contributed by atoms with Crippen LogP contribution in [0.4, 0.5) is 14.7 Å². The third-order valence-electron chi connectivity index (χ3n) is 6.34. The molecule has 0 aromatic carbocycles. The van der Waals surface area contributed by atoms with Crippen molar-refractivity contribution < 1.29 is 18.3 Å². The van der Waals surface area contributed by atoms with Crippen LogP contribution in [0.2, 0.25) is 0 Å². The Hall–Kier alpha value is -2.44. The quantitative estimate of drug-likeness (QED) is 0.682. The zero-order valence-electron chi connectivity index (χ0n) is 17.2. The molecule has 1 aromatic rings.